The molecule has 1 aromatic heterocycles. The Morgan fingerprint density at radius 1 is 0.947 bits per heavy atom. The van der Waals surface area contributed by atoms with Gasteiger partial charge >= 0.3 is 0 Å². The average molecular weight is 263 g/mol. The summed E-state index contributed by atoms with van der Waals surface area (Å²) in [5.41, 5.74) is 6.60. The predicted octanol–water partition coefficient (Wildman–Crippen LogP) is 3.03. The average Bonchev–Trinajstić information content (AvgIpc) is 2.73. The standard InChI is InChI=1S/C13H8F3N3/c14-7-5-6-10(12(16)11(7)15)19-9-4-2-1-3-8(9)18-13(19)17/h1-6H,(H2,17,18). The third-order valence-corrected chi connectivity index (χ3v) is 2.84. The molecule has 0 unspecified atom stereocenters. The van der Waals surface area contributed by atoms with Crippen molar-refractivity contribution in [2.24, 2.45) is 0 Å². The Morgan fingerprint density at radius 2 is 1.68 bits per heavy atom. The number of aromatic nitrogens is 2. The smallest absolute Gasteiger partial charge is 0.206 e. The quantitative estimate of drug-likeness (QED) is 0.686. The van der Waals surface area contributed by atoms with Gasteiger partial charge in [0.25, 0.3) is 0 Å². The summed E-state index contributed by atoms with van der Waals surface area (Å²) >= 11 is 0. The molecule has 0 spiro atoms. The van der Waals surface area contributed by atoms with Crippen molar-refractivity contribution in [3.8, 4) is 5.69 Å². The Hall–Kier alpha value is -2.50. The van der Waals surface area contributed by atoms with Crippen molar-refractivity contribution in [1.82, 2.24) is 9.55 Å². The van der Waals surface area contributed by atoms with Crippen LogP contribution in [-0.2, 0) is 0 Å². The van der Waals surface area contributed by atoms with Crippen molar-refractivity contribution in [3.63, 3.8) is 0 Å². The van der Waals surface area contributed by atoms with E-state index in [-0.39, 0.29) is 11.6 Å². The molecule has 0 aliphatic rings. The van der Waals surface area contributed by atoms with Crippen LogP contribution in [0.5, 0.6) is 0 Å². The van der Waals surface area contributed by atoms with Gasteiger partial charge < -0.3 is 5.73 Å². The summed E-state index contributed by atoms with van der Waals surface area (Å²) in [4.78, 5) is 4.04. The minimum Gasteiger partial charge on any atom is -0.369 e. The summed E-state index contributed by atoms with van der Waals surface area (Å²) in [7, 11) is 0. The van der Waals surface area contributed by atoms with Crippen LogP contribution in [0, 0.1) is 17.5 Å². The Labute approximate surface area is 106 Å². The highest BCUT2D eigenvalue weighted by molar-refractivity contribution is 5.80. The van der Waals surface area contributed by atoms with Crippen molar-refractivity contribution >= 4 is 17.0 Å². The molecule has 0 amide bonds. The number of halogens is 3. The number of hydrogen-bond acceptors (Lipinski definition) is 2. The lowest BCUT2D eigenvalue weighted by molar-refractivity contribution is 0.445. The number of nitrogens with zero attached hydrogens (tertiary/aromatic N) is 2. The number of nitrogens with two attached hydrogens (primary N) is 1. The maximum Gasteiger partial charge on any atom is 0.206 e. The molecule has 0 radical (unpaired) electrons. The van der Waals surface area contributed by atoms with E-state index in [1.165, 1.54) is 4.57 Å². The summed E-state index contributed by atoms with van der Waals surface area (Å²) in [6.45, 7) is 0. The zero-order valence-electron chi connectivity index (χ0n) is 9.57. The molecule has 96 valence electrons. The second-order valence-electron chi connectivity index (χ2n) is 3.99. The fourth-order valence-corrected chi connectivity index (χ4v) is 1.99. The van der Waals surface area contributed by atoms with Crippen molar-refractivity contribution in [3.05, 3.63) is 53.8 Å². The van der Waals surface area contributed by atoms with Gasteiger partial charge in [-0.05, 0) is 24.3 Å². The second kappa shape index (κ2) is 4.01. The van der Waals surface area contributed by atoms with Gasteiger partial charge in [-0.1, -0.05) is 12.1 Å². The zero-order chi connectivity index (χ0) is 13.6. The molecule has 19 heavy (non-hydrogen) atoms. The Bertz CT molecular complexity index is 780. The normalized spacial score (nSPS) is 11.1. The molecule has 0 fully saturated rings. The van der Waals surface area contributed by atoms with Gasteiger partial charge in [-0.3, -0.25) is 4.57 Å². The van der Waals surface area contributed by atoms with Gasteiger partial charge in [-0.2, -0.15) is 0 Å². The molecule has 0 atom stereocenters. The fraction of sp³-hybridized carbons (Fsp3) is 0. The van der Waals surface area contributed by atoms with Crippen LogP contribution in [0.2, 0.25) is 0 Å². The van der Waals surface area contributed by atoms with E-state index in [1.54, 1.807) is 24.3 Å². The first-order valence-corrected chi connectivity index (χ1v) is 5.46. The lowest BCUT2D eigenvalue weighted by atomic mass is 10.2. The maximum absolute atomic E-state index is 13.8. The van der Waals surface area contributed by atoms with Crippen LogP contribution >= 0.6 is 0 Å². The lowest BCUT2D eigenvalue weighted by Gasteiger charge is -2.08. The van der Waals surface area contributed by atoms with E-state index in [4.69, 9.17) is 5.73 Å². The second-order valence-corrected chi connectivity index (χ2v) is 3.99. The maximum atomic E-state index is 13.8. The van der Waals surface area contributed by atoms with E-state index in [0.717, 1.165) is 12.1 Å². The van der Waals surface area contributed by atoms with Crippen LogP contribution in [-0.4, -0.2) is 9.55 Å². The van der Waals surface area contributed by atoms with Crippen LogP contribution in [0.1, 0.15) is 0 Å². The van der Waals surface area contributed by atoms with Gasteiger partial charge in [0.2, 0.25) is 5.95 Å². The molecule has 0 saturated heterocycles. The number of imidazole rings is 1. The molecule has 3 aromatic rings. The highest BCUT2D eigenvalue weighted by Crippen LogP contribution is 2.26. The van der Waals surface area contributed by atoms with Crippen molar-refractivity contribution in [2.75, 3.05) is 5.73 Å². The number of hydrogen-bond donors (Lipinski definition) is 1. The largest absolute Gasteiger partial charge is 0.369 e. The number of nitrogen functional groups attached to an aromatic ring is 1. The molecular formula is C13H8F3N3. The zero-order valence-corrected chi connectivity index (χ0v) is 9.57. The lowest BCUT2D eigenvalue weighted by Crippen LogP contribution is -2.05. The number of anilines is 1. The van der Waals surface area contributed by atoms with Crippen LogP contribution in [0.3, 0.4) is 0 Å². The molecule has 0 aliphatic carbocycles. The van der Waals surface area contributed by atoms with Gasteiger partial charge in [-0.25, -0.2) is 18.2 Å². The van der Waals surface area contributed by atoms with Gasteiger partial charge in [0, 0.05) is 0 Å². The van der Waals surface area contributed by atoms with E-state index < -0.39 is 17.5 Å². The summed E-state index contributed by atoms with van der Waals surface area (Å²) < 4.78 is 41.3. The first-order valence-electron chi connectivity index (χ1n) is 5.46. The van der Waals surface area contributed by atoms with E-state index in [1.807, 2.05) is 0 Å². The van der Waals surface area contributed by atoms with E-state index in [0.29, 0.717) is 11.0 Å². The van der Waals surface area contributed by atoms with Crippen LogP contribution < -0.4 is 5.73 Å². The van der Waals surface area contributed by atoms with Crippen LogP contribution in [0.15, 0.2) is 36.4 Å². The summed E-state index contributed by atoms with van der Waals surface area (Å²) in [5, 5.41) is 0. The SMILES string of the molecule is Nc1nc2ccccc2n1-c1ccc(F)c(F)c1F. The molecular weight excluding hydrogens is 255 g/mol. The van der Waals surface area contributed by atoms with Crippen molar-refractivity contribution in [1.29, 1.82) is 0 Å². The number of rotatable bonds is 1. The Kier molecular flexibility index (Phi) is 2.45. The van der Waals surface area contributed by atoms with Crippen molar-refractivity contribution in [2.45, 2.75) is 0 Å². The molecule has 2 N–H and O–H groups in total. The fourth-order valence-electron chi connectivity index (χ4n) is 1.99. The topological polar surface area (TPSA) is 43.8 Å². The molecule has 0 saturated carbocycles. The molecule has 0 aliphatic heterocycles. The minimum atomic E-state index is -1.53. The predicted molar refractivity (Wildman–Crippen MR) is 65.4 cm³/mol. The summed E-state index contributed by atoms with van der Waals surface area (Å²) in [6.07, 6.45) is 0. The molecule has 0 bridgehead atoms. The molecule has 3 nitrogen and oxygen atoms in total. The first kappa shape index (κ1) is 11.6. The Balaban J connectivity index is 2.37. The minimum absolute atomic E-state index is 0.00566. The van der Waals surface area contributed by atoms with Gasteiger partial charge in [0.15, 0.2) is 17.5 Å². The highest BCUT2D eigenvalue weighted by Gasteiger charge is 2.18. The monoisotopic (exact) mass is 263 g/mol. The Morgan fingerprint density at radius 3 is 2.47 bits per heavy atom. The number of benzene rings is 2. The first-order chi connectivity index (χ1) is 9.09. The number of fused-ring (bicyclic) bond motifs is 1. The number of para-hydroxylation sites is 2. The van der Waals surface area contributed by atoms with Gasteiger partial charge in [-0.15, -0.1) is 0 Å². The molecule has 3 rings (SSSR count). The van der Waals surface area contributed by atoms with Gasteiger partial charge in [0.05, 0.1) is 16.7 Å². The molecule has 6 heteroatoms. The van der Waals surface area contributed by atoms with E-state index in [2.05, 4.69) is 4.98 Å². The van der Waals surface area contributed by atoms with Crippen molar-refractivity contribution < 1.29 is 13.2 Å². The third-order valence-electron chi connectivity index (χ3n) is 2.84. The molecule has 2 aromatic carbocycles. The summed E-state index contributed by atoms with van der Waals surface area (Å²) in [6, 6.07) is 8.80. The van der Waals surface area contributed by atoms with E-state index >= 15 is 0 Å². The third kappa shape index (κ3) is 1.64. The van der Waals surface area contributed by atoms with E-state index in [9.17, 15) is 13.2 Å². The molecule has 1 heterocycles. The van der Waals surface area contributed by atoms with Gasteiger partial charge in [0.1, 0.15) is 0 Å². The highest BCUT2D eigenvalue weighted by atomic mass is 19.2. The van der Waals surface area contributed by atoms with Crippen LogP contribution in [0.4, 0.5) is 19.1 Å². The summed E-state index contributed by atoms with van der Waals surface area (Å²) in [5.74, 6) is -4.07. The van der Waals surface area contributed by atoms with Crippen LogP contribution in [0.25, 0.3) is 16.7 Å².